The van der Waals surface area contributed by atoms with Gasteiger partial charge in [-0.2, -0.15) is 0 Å². The van der Waals surface area contributed by atoms with E-state index in [1.807, 2.05) is 0 Å². The maximum atomic E-state index is 11.6. The van der Waals surface area contributed by atoms with Crippen molar-refractivity contribution in [2.24, 2.45) is 5.92 Å². The van der Waals surface area contributed by atoms with Crippen molar-refractivity contribution in [3.8, 4) is 0 Å². The van der Waals surface area contributed by atoms with E-state index in [0.29, 0.717) is 6.42 Å². The molecule has 0 aliphatic rings. The lowest BCUT2D eigenvalue weighted by molar-refractivity contribution is -0.151. The molecule has 0 aromatic carbocycles. The van der Waals surface area contributed by atoms with Gasteiger partial charge in [-0.3, -0.25) is 9.59 Å². The Kier molecular flexibility index (Phi) is 29.7. The number of ether oxygens (including phenoxy) is 1. The van der Waals surface area contributed by atoms with E-state index in [1.54, 1.807) is 0 Å². The average Bonchev–Trinajstić information content (AvgIpc) is 2.93. The third kappa shape index (κ3) is 29.2. The van der Waals surface area contributed by atoms with E-state index in [9.17, 15) is 14.7 Å². The Morgan fingerprint density at radius 2 is 1.03 bits per heavy atom. The SMILES string of the molecule is C=CCOC(=O)CC(CCCCCCCCCC/C=C/CCCCCCCCCCCCCCCC)C(=O)O. The van der Waals surface area contributed by atoms with Gasteiger partial charge < -0.3 is 9.84 Å². The monoisotopic (exact) mass is 548 g/mol. The van der Waals surface area contributed by atoms with E-state index in [4.69, 9.17) is 4.74 Å². The number of rotatable bonds is 31. The zero-order chi connectivity index (χ0) is 28.7. The zero-order valence-corrected chi connectivity index (χ0v) is 25.8. The molecule has 0 bridgehead atoms. The zero-order valence-electron chi connectivity index (χ0n) is 25.8. The predicted octanol–water partition coefficient (Wildman–Crippen LogP) is 11.1. The number of unbranched alkanes of at least 4 members (excludes halogenated alkanes) is 22. The van der Waals surface area contributed by atoms with Gasteiger partial charge in [-0.25, -0.2) is 0 Å². The van der Waals surface area contributed by atoms with Gasteiger partial charge in [-0.1, -0.05) is 160 Å². The second kappa shape index (κ2) is 31.0. The highest BCUT2D eigenvalue weighted by atomic mass is 16.5. The number of carboxylic acid groups (broad SMARTS) is 1. The van der Waals surface area contributed by atoms with Crippen molar-refractivity contribution in [3.63, 3.8) is 0 Å². The summed E-state index contributed by atoms with van der Waals surface area (Å²) in [4.78, 5) is 23.0. The van der Waals surface area contributed by atoms with E-state index >= 15 is 0 Å². The summed E-state index contributed by atoms with van der Waals surface area (Å²) < 4.78 is 4.91. The molecule has 0 rings (SSSR count). The van der Waals surface area contributed by atoms with Crippen molar-refractivity contribution < 1.29 is 19.4 Å². The second-order valence-electron chi connectivity index (χ2n) is 11.5. The highest BCUT2D eigenvalue weighted by Gasteiger charge is 2.21. The number of aliphatic carboxylic acids is 1. The van der Waals surface area contributed by atoms with Crippen LogP contribution in [-0.2, 0) is 14.3 Å². The van der Waals surface area contributed by atoms with Gasteiger partial charge in [0.1, 0.15) is 6.61 Å². The lowest BCUT2D eigenvalue weighted by Crippen LogP contribution is -2.19. The van der Waals surface area contributed by atoms with Gasteiger partial charge in [-0.15, -0.1) is 0 Å². The first-order chi connectivity index (χ1) is 19.1. The molecule has 228 valence electrons. The fourth-order valence-corrected chi connectivity index (χ4v) is 5.13. The smallest absolute Gasteiger partial charge is 0.307 e. The lowest BCUT2D eigenvalue weighted by Gasteiger charge is -2.11. The molecule has 39 heavy (non-hydrogen) atoms. The normalized spacial score (nSPS) is 12.1. The molecule has 0 radical (unpaired) electrons. The quantitative estimate of drug-likeness (QED) is 0.0531. The summed E-state index contributed by atoms with van der Waals surface area (Å²) in [7, 11) is 0. The number of carbonyl (C=O) groups excluding carboxylic acids is 1. The Balaban J connectivity index is 3.34. The molecule has 0 aromatic rings. The highest BCUT2D eigenvalue weighted by molar-refractivity contribution is 5.78. The van der Waals surface area contributed by atoms with Crippen molar-refractivity contribution in [2.75, 3.05) is 6.61 Å². The number of hydrogen-bond donors (Lipinski definition) is 1. The minimum atomic E-state index is -0.904. The van der Waals surface area contributed by atoms with Gasteiger partial charge in [0.05, 0.1) is 12.3 Å². The van der Waals surface area contributed by atoms with E-state index in [1.165, 1.54) is 141 Å². The molecule has 0 heterocycles. The summed E-state index contributed by atoms with van der Waals surface area (Å²) in [5.74, 6) is -1.99. The minimum absolute atomic E-state index is 0.0446. The summed E-state index contributed by atoms with van der Waals surface area (Å²) in [6.07, 6.45) is 38.5. The summed E-state index contributed by atoms with van der Waals surface area (Å²) >= 11 is 0. The molecule has 0 aliphatic carbocycles. The van der Waals surface area contributed by atoms with Crippen LogP contribution in [0, 0.1) is 5.92 Å². The number of hydrogen-bond acceptors (Lipinski definition) is 3. The van der Waals surface area contributed by atoms with Crippen molar-refractivity contribution in [1.29, 1.82) is 0 Å². The largest absolute Gasteiger partial charge is 0.481 e. The maximum absolute atomic E-state index is 11.6. The van der Waals surface area contributed by atoms with Crippen LogP contribution < -0.4 is 0 Å². The Bertz CT molecular complexity index is 583. The van der Waals surface area contributed by atoms with Crippen LogP contribution in [0.1, 0.15) is 174 Å². The van der Waals surface area contributed by atoms with Crippen LogP contribution in [0.15, 0.2) is 24.8 Å². The number of carboxylic acids is 1. The molecule has 0 aliphatic heterocycles. The number of esters is 1. The topological polar surface area (TPSA) is 63.6 Å². The van der Waals surface area contributed by atoms with Crippen LogP contribution >= 0.6 is 0 Å². The Morgan fingerprint density at radius 1 is 0.641 bits per heavy atom. The Morgan fingerprint density at radius 3 is 1.41 bits per heavy atom. The van der Waals surface area contributed by atoms with Crippen LogP contribution in [0.3, 0.4) is 0 Å². The summed E-state index contributed by atoms with van der Waals surface area (Å²) in [5, 5.41) is 9.31. The second-order valence-corrected chi connectivity index (χ2v) is 11.5. The molecule has 0 fully saturated rings. The minimum Gasteiger partial charge on any atom is -0.481 e. The first-order valence-corrected chi connectivity index (χ1v) is 16.8. The molecule has 4 heteroatoms. The Labute approximate surface area is 242 Å². The fraction of sp³-hybridized carbons (Fsp3) is 0.829. The first-order valence-electron chi connectivity index (χ1n) is 16.8. The fourth-order valence-electron chi connectivity index (χ4n) is 5.13. The highest BCUT2D eigenvalue weighted by Crippen LogP contribution is 2.17. The van der Waals surface area contributed by atoms with Crippen molar-refractivity contribution in [1.82, 2.24) is 0 Å². The molecule has 4 nitrogen and oxygen atoms in total. The summed E-state index contributed by atoms with van der Waals surface area (Å²) in [5.41, 5.74) is 0. The van der Waals surface area contributed by atoms with Crippen LogP contribution in [-0.4, -0.2) is 23.7 Å². The van der Waals surface area contributed by atoms with Crippen LogP contribution in [0.5, 0.6) is 0 Å². The molecular formula is C35H64O4. The van der Waals surface area contributed by atoms with E-state index in [-0.39, 0.29) is 13.0 Å². The van der Waals surface area contributed by atoms with E-state index in [0.717, 1.165) is 19.3 Å². The average molecular weight is 549 g/mol. The molecule has 0 saturated heterocycles. The predicted molar refractivity (Wildman–Crippen MR) is 167 cm³/mol. The molecule has 0 saturated carbocycles. The van der Waals surface area contributed by atoms with Crippen LogP contribution in [0.4, 0.5) is 0 Å². The summed E-state index contributed by atoms with van der Waals surface area (Å²) in [6.45, 7) is 5.92. The third-order valence-electron chi connectivity index (χ3n) is 7.69. The van der Waals surface area contributed by atoms with Gasteiger partial charge in [-0.05, 0) is 32.1 Å². The Hall–Kier alpha value is -1.58. The van der Waals surface area contributed by atoms with Gasteiger partial charge >= 0.3 is 11.9 Å². The van der Waals surface area contributed by atoms with Gasteiger partial charge in [0, 0.05) is 0 Å². The van der Waals surface area contributed by atoms with E-state index in [2.05, 4.69) is 25.7 Å². The molecule has 0 amide bonds. The van der Waals surface area contributed by atoms with E-state index < -0.39 is 17.9 Å². The molecule has 1 atom stereocenters. The van der Waals surface area contributed by atoms with Crippen LogP contribution in [0.25, 0.3) is 0 Å². The molecule has 1 N–H and O–H groups in total. The maximum Gasteiger partial charge on any atom is 0.307 e. The first kappa shape index (κ1) is 37.4. The molecule has 0 spiro atoms. The van der Waals surface area contributed by atoms with Crippen molar-refractivity contribution >= 4 is 11.9 Å². The van der Waals surface area contributed by atoms with Gasteiger partial charge in [0.15, 0.2) is 0 Å². The van der Waals surface area contributed by atoms with Crippen LogP contribution in [0.2, 0.25) is 0 Å². The van der Waals surface area contributed by atoms with Crippen molar-refractivity contribution in [3.05, 3.63) is 24.8 Å². The van der Waals surface area contributed by atoms with Gasteiger partial charge in [0.2, 0.25) is 0 Å². The summed E-state index contributed by atoms with van der Waals surface area (Å²) in [6, 6.07) is 0. The van der Waals surface area contributed by atoms with Crippen molar-refractivity contribution in [2.45, 2.75) is 174 Å². The molecule has 1 unspecified atom stereocenters. The third-order valence-corrected chi connectivity index (χ3v) is 7.69. The number of allylic oxidation sites excluding steroid dienone is 2. The molecule has 0 aromatic heterocycles. The standard InChI is InChI=1S/C35H64O4/c1-3-5-6-7-8-9-10-11-12-13-14-15-16-17-18-19-20-21-22-23-24-25-26-27-28-29-30-33(35(37)38)32-34(36)39-31-4-2/h4,19-20,33H,2-3,5-18,21-32H2,1H3,(H,37,38)/b20-19+. The molecular weight excluding hydrogens is 484 g/mol. The van der Waals surface area contributed by atoms with Gasteiger partial charge in [0.25, 0.3) is 0 Å². The lowest BCUT2D eigenvalue weighted by atomic mass is 9.97. The number of carbonyl (C=O) groups is 2.